The lowest BCUT2D eigenvalue weighted by Crippen LogP contribution is -2.17. The Morgan fingerprint density at radius 1 is 1.28 bits per heavy atom. The van der Waals surface area contributed by atoms with E-state index in [4.69, 9.17) is 42.5 Å². The van der Waals surface area contributed by atoms with Gasteiger partial charge in [0.2, 0.25) is 5.95 Å². The summed E-state index contributed by atoms with van der Waals surface area (Å²) in [6, 6.07) is 0. The van der Waals surface area contributed by atoms with Gasteiger partial charge in [0.1, 0.15) is 6.61 Å². The molecule has 0 radical (unpaired) electrons. The van der Waals surface area contributed by atoms with Crippen LogP contribution in [-0.4, -0.2) is 60.5 Å². The number of nitrogens with zero attached hydrogens (tertiary/aromatic N) is 3. The molecule has 29 heavy (non-hydrogen) atoms. The monoisotopic (exact) mass is 448 g/mol. The Labute approximate surface area is 175 Å². The van der Waals surface area contributed by atoms with Gasteiger partial charge in [-0.3, -0.25) is 14.4 Å². The SMILES string of the molecule is CC(=O)O.CC(=O)O.CC(=O)OCC(O)CCCn1c(=S)sc2cnc(N)nc21. The van der Waals surface area contributed by atoms with Crippen LogP contribution in [0.5, 0.6) is 0 Å². The minimum absolute atomic E-state index is 0.0141. The van der Waals surface area contributed by atoms with Crippen LogP contribution in [0, 0.1) is 3.95 Å². The van der Waals surface area contributed by atoms with Gasteiger partial charge in [-0.05, 0) is 25.1 Å². The van der Waals surface area contributed by atoms with E-state index in [9.17, 15) is 9.90 Å². The molecule has 0 bridgehead atoms. The standard InChI is InChI=1S/C12H16N4O3S2.2C2H4O2/c1-7(17)19-6-8(18)3-2-4-16-10-9(21-12(16)20)5-14-11(13)15-10;2*1-2(3)4/h5,8,18H,2-4,6H2,1H3,(H2,13,14,15);2*1H3,(H,3,4). The van der Waals surface area contributed by atoms with Crippen LogP contribution in [0.25, 0.3) is 10.3 Å². The first-order chi connectivity index (χ1) is 13.4. The number of esters is 1. The minimum atomic E-state index is -0.833. The first-order valence-corrected chi connectivity index (χ1v) is 9.48. The topological polar surface area (TPSA) is 178 Å². The summed E-state index contributed by atoms with van der Waals surface area (Å²) >= 11 is 6.73. The van der Waals surface area contributed by atoms with E-state index in [1.807, 2.05) is 4.57 Å². The molecule has 0 saturated heterocycles. The van der Waals surface area contributed by atoms with E-state index in [0.717, 1.165) is 18.5 Å². The second-order valence-corrected chi connectivity index (χ2v) is 7.25. The lowest BCUT2D eigenvalue weighted by molar-refractivity contribution is -0.144. The summed E-state index contributed by atoms with van der Waals surface area (Å²) in [6.07, 6.45) is 2.18. The summed E-state index contributed by atoms with van der Waals surface area (Å²) < 4.78 is 8.21. The Balaban J connectivity index is 0.000000837. The first-order valence-electron chi connectivity index (χ1n) is 8.26. The van der Waals surface area contributed by atoms with Gasteiger partial charge in [0.15, 0.2) is 9.60 Å². The maximum Gasteiger partial charge on any atom is 0.302 e. The maximum atomic E-state index is 10.7. The number of aliphatic carboxylic acids is 2. The molecule has 0 aliphatic rings. The second kappa shape index (κ2) is 13.5. The van der Waals surface area contributed by atoms with Crippen molar-refractivity contribution < 1.29 is 34.4 Å². The number of thiazole rings is 1. The average molecular weight is 449 g/mol. The molecule has 0 amide bonds. The Kier molecular flexibility index (Phi) is 12.3. The Bertz CT molecular complexity index is 862. The molecule has 0 saturated carbocycles. The summed E-state index contributed by atoms with van der Waals surface area (Å²) in [5, 5.41) is 24.5. The molecule has 2 aromatic heterocycles. The van der Waals surface area contributed by atoms with Gasteiger partial charge in [-0.25, -0.2) is 4.98 Å². The molecule has 13 heteroatoms. The molecule has 0 fully saturated rings. The van der Waals surface area contributed by atoms with Crippen LogP contribution in [0.2, 0.25) is 0 Å². The van der Waals surface area contributed by atoms with Gasteiger partial charge in [0, 0.05) is 27.3 Å². The van der Waals surface area contributed by atoms with Gasteiger partial charge >= 0.3 is 5.97 Å². The molecular weight excluding hydrogens is 424 g/mol. The predicted octanol–water partition coefficient (Wildman–Crippen LogP) is 1.69. The normalized spacial score (nSPS) is 10.8. The lowest BCUT2D eigenvalue weighted by Gasteiger charge is -2.10. The summed E-state index contributed by atoms with van der Waals surface area (Å²) in [4.78, 5) is 36.8. The zero-order valence-corrected chi connectivity index (χ0v) is 17.8. The number of aliphatic hydroxyl groups excluding tert-OH is 1. The van der Waals surface area contributed by atoms with Crippen molar-refractivity contribution in [2.24, 2.45) is 0 Å². The number of fused-ring (bicyclic) bond motifs is 1. The molecule has 11 nitrogen and oxygen atoms in total. The van der Waals surface area contributed by atoms with Gasteiger partial charge in [0.25, 0.3) is 11.9 Å². The average Bonchev–Trinajstić information content (AvgIpc) is 2.87. The van der Waals surface area contributed by atoms with E-state index < -0.39 is 24.0 Å². The largest absolute Gasteiger partial charge is 0.481 e. The number of nitrogens with two attached hydrogens (primary N) is 1. The number of hydrogen-bond acceptors (Lipinski definition) is 10. The van der Waals surface area contributed by atoms with Crippen molar-refractivity contribution in [3.63, 3.8) is 0 Å². The van der Waals surface area contributed by atoms with Crippen molar-refractivity contribution in [1.82, 2.24) is 14.5 Å². The van der Waals surface area contributed by atoms with Crippen molar-refractivity contribution in [2.45, 2.75) is 46.3 Å². The number of carboxylic acids is 2. The molecule has 0 aliphatic heterocycles. The molecule has 1 unspecified atom stereocenters. The third-order valence-electron chi connectivity index (χ3n) is 2.83. The molecule has 2 aromatic rings. The van der Waals surface area contributed by atoms with Crippen LogP contribution in [0.4, 0.5) is 5.95 Å². The number of ether oxygens (including phenoxy) is 1. The van der Waals surface area contributed by atoms with Crippen LogP contribution in [0.3, 0.4) is 0 Å². The second-order valence-electron chi connectivity index (χ2n) is 5.57. The number of nitrogen functional groups attached to an aromatic ring is 1. The van der Waals surface area contributed by atoms with Gasteiger partial charge in [0.05, 0.1) is 17.0 Å². The fourth-order valence-electron chi connectivity index (χ4n) is 1.86. The van der Waals surface area contributed by atoms with Crippen LogP contribution in [-0.2, 0) is 25.7 Å². The summed E-state index contributed by atoms with van der Waals surface area (Å²) in [7, 11) is 0. The van der Waals surface area contributed by atoms with Crippen molar-refractivity contribution in [1.29, 1.82) is 0 Å². The van der Waals surface area contributed by atoms with Crippen molar-refractivity contribution in [2.75, 3.05) is 12.3 Å². The van der Waals surface area contributed by atoms with Crippen LogP contribution < -0.4 is 5.73 Å². The number of aromatic nitrogens is 3. The quantitative estimate of drug-likeness (QED) is 0.373. The maximum absolute atomic E-state index is 10.7. The molecule has 0 aliphatic carbocycles. The summed E-state index contributed by atoms with van der Waals surface area (Å²) in [5.41, 5.74) is 6.31. The summed E-state index contributed by atoms with van der Waals surface area (Å²) in [5.74, 6) is -1.86. The van der Waals surface area contributed by atoms with E-state index in [1.54, 1.807) is 6.20 Å². The van der Waals surface area contributed by atoms with Crippen molar-refractivity contribution in [3.8, 4) is 0 Å². The highest BCUT2D eigenvalue weighted by Gasteiger charge is 2.10. The zero-order valence-electron chi connectivity index (χ0n) is 16.2. The fourth-order valence-corrected chi connectivity index (χ4v) is 3.13. The van der Waals surface area contributed by atoms with Gasteiger partial charge < -0.3 is 30.4 Å². The van der Waals surface area contributed by atoms with E-state index in [2.05, 4.69) is 9.97 Å². The molecule has 1 atom stereocenters. The fraction of sp³-hybridized carbons (Fsp3) is 0.500. The molecular formula is C16H24N4O7S2. The number of aryl methyl sites for hydroxylation is 1. The number of carbonyl (C=O) groups excluding carboxylic acids is 1. The first kappa shape index (κ1) is 26.4. The van der Waals surface area contributed by atoms with Crippen LogP contribution in [0.1, 0.15) is 33.6 Å². The van der Waals surface area contributed by atoms with Crippen molar-refractivity contribution >= 4 is 57.8 Å². The van der Waals surface area contributed by atoms with Crippen molar-refractivity contribution in [3.05, 3.63) is 10.2 Å². The van der Waals surface area contributed by atoms with Gasteiger partial charge in [-0.1, -0.05) is 0 Å². The zero-order chi connectivity index (χ0) is 22.6. The van der Waals surface area contributed by atoms with E-state index in [-0.39, 0.29) is 12.6 Å². The molecule has 162 valence electrons. The number of rotatable bonds is 6. The minimum Gasteiger partial charge on any atom is -0.481 e. The Morgan fingerprint density at radius 2 is 1.83 bits per heavy atom. The highest BCUT2D eigenvalue weighted by molar-refractivity contribution is 7.73. The highest BCUT2D eigenvalue weighted by atomic mass is 32.1. The third-order valence-corrected chi connectivity index (χ3v) is 4.20. The van der Waals surface area contributed by atoms with Crippen LogP contribution in [0.15, 0.2) is 6.20 Å². The molecule has 2 rings (SSSR count). The Hall–Kier alpha value is -2.64. The Morgan fingerprint density at radius 3 is 2.34 bits per heavy atom. The molecule has 5 N–H and O–H groups in total. The van der Waals surface area contributed by atoms with E-state index >= 15 is 0 Å². The van der Waals surface area contributed by atoms with E-state index in [0.29, 0.717) is 29.0 Å². The highest BCUT2D eigenvalue weighted by Crippen LogP contribution is 2.21. The summed E-state index contributed by atoms with van der Waals surface area (Å²) in [6.45, 7) is 4.11. The number of aliphatic hydroxyl groups is 1. The molecule has 0 aromatic carbocycles. The molecule has 0 spiro atoms. The number of anilines is 1. The van der Waals surface area contributed by atoms with Gasteiger partial charge in [-0.2, -0.15) is 4.98 Å². The molecule has 2 heterocycles. The van der Waals surface area contributed by atoms with E-state index in [1.165, 1.54) is 18.3 Å². The lowest BCUT2D eigenvalue weighted by atomic mass is 10.2. The predicted molar refractivity (Wildman–Crippen MR) is 109 cm³/mol. The third kappa shape index (κ3) is 12.4. The van der Waals surface area contributed by atoms with Gasteiger partial charge in [-0.15, -0.1) is 11.3 Å². The number of hydrogen-bond donors (Lipinski definition) is 4. The number of carbonyl (C=O) groups is 3. The van der Waals surface area contributed by atoms with Crippen LogP contribution >= 0.6 is 23.6 Å². The smallest absolute Gasteiger partial charge is 0.302 e. The number of carboxylic acid groups (broad SMARTS) is 2.